The summed E-state index contributed by atoms with van der Waals surface area (Å²) in [6.07, 6.45) is 0.909. The van der Waals surface area contributed by atoms with Gasteiger partial charge in [-0.15, -0.1) is 0 Å². The summed E-state index contributed by atoms with van der Waals surface area (Å²) in [5.41, 5.74) is 0.221. The van der Waals surface area contributed by atoms with Crippen molar-refractivity contribution < 1.29 is 52.9 Å². The highest BCUT2D eigenvalue weighted by Gasteiger charge is 2.35. The van der Waals surface area contributed by atoms with Crippen LogP contribution in [0.4, 0.5) is 4.79 Å². The quantitative estimate of drug-likeness (QED) is 0.0532. The fourth-order valence-corrected chi connectivity index (χ4v) is 3.38. The van der Waals surface area contributed by atoms with Gasteiger partial charge in [-0.1, -0.05) is 60.7 Å². The van der Waals surface area contributed by atoms with Crippen LogP contribution in [0.2, 0.25) is 0 Å². The lowest BCUT2D eigenvalue weighted by Crippen LogP contribution is -2.39. The van der Waals surface area contributed by atoms with Crippen LogP contribution in [0.3, 0.4) is 0 Å². The molecule has 0 atom stereocenters. The number of ether oxygens (including phenoxy) is 4. The average molecular weight is 615 g/mol. The lowest BCUT2D eigenvalue weighted by atomic mass is 9.99. The van der Waals surface area contributed by atoms with Crippen LogP contribution in [0.15, 0.2) is 84.3 Å². The summed E-state index contributed by atoms with van der Waals surface area (Å²) in [5.74, 6) is -5.18. The fourth-order valence-electron chi connectivity index (χ4n) is 3.38. The molecular formula is C33H42O11. The van der Waals surface area contributed by atoms with E-state index in [2.05, 4.69) is 0 Å². The maximum atomic E-state index is 12.5. The molecule has 2 aromatic carbocycles. The van der Waals surface area contributed by atoms with Crippen molar-refractivity contribution in [2.24, 2.45) is 0 Å². The normalized spacial score (nSPS) is 13.0. The van der Waals surface area contributed by atoms with Gasteiger partial charge in [-0.05, 0) is 52.7 Å². The molecular weight excluding hydrogens is 572 g/mol. The minimum absolute atomic E-state index is 0.0359. The molecule has 0 unspecified atom stereocenters. The Balaban J connectivity index is 1.85. The minimum Gasteiger partial charge on any atom is -0.420 e. The second kappa shape index (κ2) is 14.9. The van der Waals surface area contributed by atoms with Gasteiger partial charge in [-0.2, -0.15) is 9.78 Å². The molecule has 240 valence electrons. The molecule has 44 heavy (non-hydrogen) atoms. The Bertz CT molecular complexity index is 1220. The van der Waals surface area contributed by atoms with Gasteiger partial charge in [0.2, 0.25) is 0 Å². The number of carbonyl (C=O) groups excluding carboxylic acids is 3. The topological polar surface area (TPSA) is 125 Å². The highest BCUT2D eigenvalue weighted by Crippen LogP contribution is 2.26. The van der Waals surface area contributed by atoms with Gasteiger partial charge in [0, 0.05) is 27.7 Å². The summed E-state index contributed by atoms with van der Waals surface area (Å²) >= 11 is 0. The second-order valence-corrected chi connectivity index (χ2v) is 11.7. The number of rotatable bonds is 14. The first-order valence-electron chi connectivity index (χ1n) is 13.9. The maximum Gasteiger partial charge on any atom is 0.514 e. The summed E-state index contributed by atoms with van der Waals surface area (Å²) in [4.78, 5) is 58.7. The Morgan fingerprint density at radius 1 is 0.523 bits per heavy atom. The van der Waals surface area contributed by atoms with E-state index in [4.69, 9.17) is 38.5 Å². The van der Waals surface area contributed by atoms with E-state index >= 15 is 0 Å². The molecule has 11 nitrogen and oxygen atoms in total. The van der Waals surface area contributed by atoms with Gasteiger partial charge in [0.05, 0.1) is 11.1 Å². The predicted octanol–water partition coefficient (Wildman–Crippen LogP) is 7.27. The first-order valence-corrected chi connectivity index (χ1v) is 13.9. The monoisotopic (exact) mass is 614 g/mol. The molecule has 0 aliphatic carbocycles. The third kappa shape index (κ3) is 11.7. The third-order valence-electron chi connectivity index (χ3n) is 5.88. The number of hydrogen-bond acceptors (Lipinski definition) is 11. The maximum absolute atomic E-state index is 12.5. The molecule has 0 N–H and O–H groups in total. The van der Waals surface area contributed by atoms with Gasteiger partial charge in [0.15, 0.2) is 0 Å². The second-order valence-electron chi connectivity index (χ2n) is 11.7. The van der Waals surface area contributed by atoms with Gasteiger partial charge in [-0.3, -0.25) is 0 Å². The van der Waals surface area contributed by atoms with E-state index in [1.165, 1.54) is 41.5 Å². The molecule has 2 aromatic rings. The fraction of sp³-hybridized carbons (Fsp3) is 0.424. The van der Waals surface area contributed by atoms with Crippen LogP contribution in [-0.4, -0.2) is 29.7 Å². The Kier molecular flexibility index (Phi) is 12.1. The zero-order valence-electron chi connectivity index (χ0n) is 26.9. The van der Waals surface area contributed by atoms with Gasteiger partial charge >= 0.3 is 18.1 Å². The molecule has 2 rings (SSSR count). The van der Waals surface area contributed by atoms with E-state index < -0.39 is 40.9 Å². The van der Waals surface area contributed by atoms with Crippen molar-refractivity contribution in [2.75, 3.05) is 0 Å². The summed E-state index contributed by atoms with van der Waals surface area (Å²) < 4.78 is 20.8. The Morgan fingerprint density at radius 3 is 1.16 bits per heavy atom. The number of hydrogen-bond donors (Lipinski definition) is 0. The van der Waals surface area contributed by atoms with Gasteiger partial charge in [0.1, 0.15) is 23.7 Å². The molecule has 0 aromatic heterocycles. The molecule has 0 bridgehead atoms. The average Bonchev–Trinajstić information content (AvgIpc) is 2.92. The summed E-state index contributed by atoms with van der Waals surface area (Å²) in [6.45, 7) is 15.4. The third-order valence-corrected chi connectivity index (χ3v) is 5.88. The number of carbonyl (C=O) groups is 3. The molecule has 0 spiro atoms. The van der Waals surface area contributed by atoms with E-state index in [1.807, 2.05) is 60.7 Å². The molecule has 0 radical (unpaired) electrons. The van der Waals surface area contributed by atoms with Crippen molar-refractivity contribution >= 4 is 18.1 Å². The van der Waals surface area contributed by atoms with Crippen LogP contribution < -0.4 is 0 Å². The summed E-state index contributed by atoms with van der Waals surface area (Å²) in [5, 5.41) is 0. The Morgan fingerprint density at radius 2 is 0.841 bits per heavy atom. The largest absolute Gasteiger partial charge is 0.514 e. The van der Waals surface area contributed by atoms with Crippen molar-refractivity contribution in [2.45, 2.75) is 92.0 Å². The minimum atomic E-state index is -1.75. The highest BCUT2D eigenvalue weighted by atomic mass is 17.2. The first kappa shape index (κ1) is 35.8. The van der Waals surface area contributed by atoms with E-state index in [0.29, 0.717) is 0 Å². The Hall–Kier alpha value is -4.35. The van der Waals surface area contributed by atoms with Crippen LogP contribution >= 0.6 is 0 Å². The van der Waals surface area contributed by atoms with Crippen LogP contribution in [0.1, 0.15) is 80.4 Å². The van der Waals surface area contributed by atoms with Crippen LogP contribution in [0, 0.1) is 0 Å². The number of benzene rings is 2. The van der Waals surface area contributed by atoms with Crippen molar-refractivity contribution in [3.63, 3.8) is 0 Å². The van der Waals surface area contributed by atoms with Crippen molar-refractivity contribution in [3.05, 3.63) is 95.5 Å². The van der Waals surface area contributed by atoms with Gasteiger partial charge in [-0.25, -0.2) is 14.4 Å². The molecule has 0 aliphatic rings. The molecule has 0 saturated carbocycles. The van der Waals surface area contributed by atoms with Gasteiger partial charge < -0.3 is 28.7 Å². The highest BCUT2D eigenvalue weighted by molar-refractivity contribution is 5.88. The molecule has 0 fully saturated rings. The summed E-state index contributed by atoms with van der Waals surface area (Å²) in [7, 11) is 0. The van der Waals surface area contributed by atoms with Gasteiger partial charge in [0.25, 0.3) is 11.6 Å². The zero-order valence-corrected chi connectivity index (χ0v) is 26.9. The molecule has 0 heterocycles. The van der Waals surface area contributed by atoms with Crippen molar-refractivity contribution in [1.29, 1.82) is 0 Å². The zero-order chi connectivity index (χ0) is 33.2. The van der Waals surface area contributed by atoms with Crippen molar-refractivity contribution in [1.82, 2.24) is 0 Å². The molecule has 11 heteroatoms. The first-order chi connectivity index (χ1) is 20.3. The standard InChI is InChI=1S/C33H42O11/c1-23(21-37-43-30(3,4)25-17-13-11-14-18-25)27(34)39-32(7,8)41-29(36)42-33(9,10)40-28(35)24(2)22-38-44-31(5,6)26-19-15-12-16-20-26/h11-22H,1-10H3/b23-21+,24-22+. The number of esters is 2. The Labute approximate surface area is 258 Å². The van der Waals surface area contributed by atoms with Crippen LogP contribution in [0.5, 0.6) is 0 Å². The van der Waals surface area contributed by atoms with Crippen LogP contribution in [0.25, 0.3) is 0 Å². The lowest BCUT2D eigenvalue weighted by molar-refractivity contribution is -0.322. The smallest absolute Gasteiger partial charge is 0.420 e. The SMILES string of the molecule is C/C(=C\OOC(C)(C)c1ccccc1)C(=O)OC(C)(C)OC(=O)OC(C)(C)OC(=O)/C(C)=C/OOC(C)(C)c1ccccc1. The van der Waals surface area contributed by atoms with Crippen LogP contribution in [-0.2, 0) is 59.3 Å². The molecule has 0 aliphatic heterocycles. The van der Waals surface area contributed by atoms with E-state index in [1.54, 1.807) is 27.7 Å². The van der Waals surface area contributed by atoms with E-state index in [-0.39, 0.29) is 11.1 Å². The van der Waals surface area contributed by atoms with Crippen molar-refractivity contribution in [3.8, 4) is 0 Å². The lowest BCUT2D eigenvalue weighted by Gasteiger charge is -2.28. The molecule has 0 amide bonds. The van der Waals surface area contributed by atoms with E-state index in [0.717, 1.165) is 23.7 Å². The summed E-state index contributed by atoms with van der Waals surface area (Å²) in [6, 6.07) is 18.8. The predicted molar refractivity (Wildman–Crippen MR) is 159 cm³/mol. The molecule has 0 saturated heterocycles. The van der Waals surface area contributed by atoms with E-state index in [9.17, 15) is 14.4 Å².